The van der Waals surface area contributed by atoms with Crippen LogP contribution in [0, 0.1) is 0 Å². The van der Waals surface area contributed by atoms with Gasteiger partial charge in [-0.25, -0.2) is 0 Å². The van der Waals surface area contributed by atoms with Crippen LogP contribution in [-0.2, 0) is 0 Å². The van der Waals surface area contributed by atoms with Crippen molar-refractivity contribution in [1.29, 1.82) is 0 Å². The summed E-state index contributed by atoms with van der Waals surface area (Å²) in [5.41, 5.74) is 3.45. The van der Waals surface area contributed by atoms with Crippen molar-refractivity contribution in [1.82, 2.24) is 0 Å². The lowest BCUT2D eigenvalue weighted by atomic mass is 10.1. The van der Waals surface area contributed by atoms with Gasteiger partial charge in [0.1, 0.15) is 11.9 Å². The molecule has 1 aliphatic rings. The third kappa shape index (κ3) is 3.82. The fourth-order valence-electron chi connectivity index (χ4n) is 3.64. The third-order valence-electron chi connectivity index (χ3n) is 4.96. The van der Waals surface area contributed by atoms with Crippen LogP contribution in [0.1, 0.15) is 11.7 Å². The third-order valence-corrected chi connectivity index (χ3v) is 6.09. The number of ether oxygens (including phenoxy) is 1. The van der Waals surface area contributed by atoms with Crippen molar-refractivity contribution in [2.75, 3.05) is 30.0 Å². The van der Waals surface area contributed by atoms with Gasteiger partial charge >= 0.3 is 0 Å². The van der Waals surface area contributed by atoms with Crippen LogP contribution < -0.4 is 14.5 Å². The maximum Gasteiger partial charge on any atom is 0.133 e. The molecule has 1 saturated heterocycles. The smallest absolute Gasteiger partial charge is 0.133 e. The van der Waals surface area contributed by atoms with E-state index in [9.17, 15) is 0 Å². The van der Waals surface area contributed by atoms with E-state index in [4.69, 9.17) is 27.9 Å². The van der Waals surface area contributed by atoms with Gasteiger partial charge in [-0.3, -0.25) is 0 Å². The maximum absolute atomic E-state index is 6.10. The van der Waals surface area contributed by atoms with E-state index >= 15 is 0 Å². The van der Waals surface area contributed by atoms with Crippen LogP contribution in [-0.4, -0.2) is 20.2 Å². The molecular formula is C22H19BrCl2N2O. The number of methoxy groups -OCH3 is 1. The van der Waals surface area contributed by atoms with Crippen molar-refractivity contribution in [3.63, 3.8) is 0 Å². The summed E-state index contributed by atoms with van der Waals surface area (Å²) >= 11 is 15.8. The summed E-state index contributed by atoms with van der Waals surface area (Å²) in [5.74, 6) is 0.817. The fraction of sp³-hybridized carbons (Fsp3) is 0.182. The summed E-state index contributed by atoms with van der Waals surface area (Å²) in [6.45, 7) is 1.80. The number of halogens is 3. The van der Waals surface area contributed by atoms with Gasteiger partial charge in [0.15, 0.2) is 0 Å². The van der Waals surface area contributed by atoms with Crippen LogP contribution in [0.15, 0.2) is 71.2 Å². The molecule has 4 rings (SSSR count). The number of hydrogen-bond acceptors (Lipinski definition) is 3. The molecule has 0 amide bonds. The van der Waals surface area contributed by atoms with Crippen molar-refractivity contribution >= 4 is 50.5 Å². The maximum atomic E-state index is 6.10. The van der Waals surface area contributed by atoms with Gasteiger partial charge in [0.25, 0.3) is 0 Å². The molecule has 0 radical (unpaired) electrons. The second-order valence-corrected chi connectivity index (χ2v) is 8.33. The molecule has 0 aliphatic carbocycles. The van der Waals surface area contributed by atoms with Crippen LogP contribution in [0.5, 0.6) is 5.75 Å². The lowest BCUT2D eigenvalue weighted by Gasteiger charge is -2.33. The van der Waals surface area contributed by atoms with Crippen LogP contribution in [0.25, 0.3) is 0 Å². The molecule has 28 heavy (non-hydrogen) atoms. The van der Waals surface area contributed by atoms with Crippen molar-refractivity contribution < 1.29 is 4.74 Å². The molecule has 0 saturated carbocycles. The first kappa shape index (κ1) is 19.4. The van der Waals surface area contributed by atoms with Gasteiger partial charge in [-0.1, -0.05) is 29.3 Å². The Kier molecular flexibility index (Phi) is 5.72. The van der Waals surface area contributed by atoms with E-state index in [1.165, 1.54) is 5.56 Å². The monoisotopic (exact) mass is 476 g/mol. The number of benzene rings is 3. The molecule has 0 atom stereocenters. The highest BCUT2D eigenvalue weighted by Gasteiger charge is 2.34. The Morgan fingerprint density at radius 2 is 1.32 bits per heavy atom. The molecule has 144 valence electrons. The second kappa shape index (κ2) is 8.24. The van der Waals surface area contributed by atoms with E-state index < -0.39 is 0 Å². The van der Waals surface area contributed by atoms with Crippen LogP contribution in [0.3, 0.4) is 0 Å². The highest BCUT2D eigenvalue weighted by atomic mass is 79.9. The zero-order chi connectivity index (χ0) is 19.7. The van der Waals surface area contributed by atoms with Gasteiger partial charge < -0.3 is 14.5 Å². The average molecular weight is 478 g/mol. The normalized spacial score (nSPS) is 14.6. The van der Waals surface area contributed by atoms with Crippen molar-refractivity contribution in [3.8, 4) is 5.75 Å². The minimum atomic E-state index is 0.0459. The zero-order valence-electron chi connectivity index (χ0n) is 15.3. The van der Waals surface area contributed by atoms with E-state index in [0.29, 0.717) is 0 Å². The molecular weight excluding hydrogens is 459 g/mol. The molecule has 3 aromatic carbocycles. The summed E-state index contributed by atoms with van der Waals surface area (Å²) in [7, 11) is 1.68. The predicted molar refractivity (Wildman–Crippen MR) is 121 cm³/mol. The van der Waals surface area contributed by atoms with Crippen molar-refractivity contribution in [3.05, 3.63) is 86.8 Å². The first-order valence-corrected chi connectivity index (χ1v) is 10.5. The van der Waals surface area contributed by atoms with Gasteiger partial charge in [-0.15, -0.1) is 0 Å². The molecule has 0 aromatic heterocycles. The standard InChI is InChI=1S/C22H19BrCl2N2O/c1-28-21-11-2-15(14-20(21)23)22-26(18-7-3-16(24)4-8-18)12-13-27(22)19-9-5-17(25)6-10-19/h2-11,14,22H,12-13H2,1H3. The van der Waals surface area contributed by atoms with E-state index in [2.05, 4.69) is 62.1 Å². The minimum Gasteiger partial charge on any atom is -0.496 e. The molecule has 0 bridgehead atoms. The zero-order valence-corrected chi connectivity index (χ0v) is 18.4. The summed E-state index contributed by atoms with van der Waals surface area (Å²) < 4.78 is 6.35. The van der Waals surface area contributed by atoms with E-state index in [1.807, 2.05) is 30.3 Å². The van der Waals surface area contributed by atoms with Crippen LogP contribution in [0.4, 0.5) is 11.4 Å². The summed E-state index contributed by atoms with van der Waals surface area (Å²) in [5, 5.41) is 1.47. The van der Waals surface area contributed by atoms with Gasteiger partial charge in [-0.05, 0) is 82.2 Å². The molecule has 3 aromatic rings. The Morgan fingerprint density at radius 3 is 1.75 bits per heavy atom. The largest absolute Gasteiger partial charge is 0.496 e. The number of nitrogens with zero attached hydrogens (tertiary/aromatic N) is 2. The van der Waals surface area contributed by atoms with Crippen LogP contribution in [0.2, 0.25) is 10.0 Å². The first-order chi connectivity index (χ1) is 13.6. The summed E-state index contributed by atoms with van der Waals surface area (Å²) in [6.07, 6.45) is 0.0459. The molecule has 3 nitrogen and oxygen atoms in total. The Bertz CT molecular complexity index is 910. The highest BCUT2D eigenvalue weighted by Crippen LogP contribution is 2.40. The van der Waals surface area contributed by atoms with Crippen molar-refractivity contribution in [2.24, 2.45) is 0 Å². The minimum absolute atomic E-state index is 0.0459. The lowest BCUT2D eigenvalue weighted by Crippen LogP contribution is -2.30. The molecule has 0 N–H and O–H groups in total. The Morgan fingerprint density at radius 1 is 0.821 bits per heavy atom. The van der Waals surface area contributed by atoms with E-state index in [1.54, 1.807) is 7.11 Å². The summed E-state index contributed by atoms with van der Waals surface area (Å²) in [4.78, 5) is 4.78. The molecule has 6 heteroatoms. The highest BCUT2D eigenvalue weighted by molar-refractivity contribution is 9.10. The summed E-state index contributed by atoms with van der Waals surface area (Å²) in [6, 6.07) is 22.2. The first-order valence-electron chi connectivity index (χ1n) is 8.94. The molecule has 0 spiro atoms. The average Bonchev–Trinajstić information content (AvgIpc) is 3.14. The number of rotatable bonds is 4. The van der Waals surface area contributed by atoms with Crippen molar-refractivity contribution in [2.45, 2.75) is 6.17 Å². The van der Waals surface area contributed by atoms with E-state index in [0.717, 1.165) is 44.7 Å². The SMILES string of the molecule is COc1ccc(C2N(c3ccc(Cl)cc3)CCN2c2ccc(Cl)cc2)cc1Br. The molecule has 1 aliphatic heterocycles. The number of hydrogen-bond donors (Lipinski definition) is 0. The van der Waals surface area contributed by atoms with Gasteiger partial charge in [0.05, 0.1) is 11.6 Å². The molecule has 1 heterocycles. The second-order valence-electron chi connectivity index (χ2n) is 6.61. The quantitative estimate of drug-likeness (QED) is 0.411. The number of anilines is 2. The Labute approximate surface area is 183 Å². The Hall–Kier alpha value is -1.88. The fourth-order valence-corrected chi connectivity index (χ4v) is 4.45. The van der Waals surface area contributed by atoms with Crippen LogP contribution >= 0.6 is 39.1 Å². The Balaban J connectivity index is 1.77. The molecule has 0 unspecified atom stereocenters. The predicted octanol–water partition coefficient (Wildman–Crippen LogP) is 6.79. The topological polar surface area (TPSA) is 15.7 Å². The molecule has 1 fully saturated rings. The van der Waals surface area contributed by atoms with Gasteiger partial charge in [0.2, 0.25) is 0 Å². The van der Waals surface area contributed by atoms with Gasteiger partial charge in [0, 0.05) is 34.5 Å². The van der Waals surface area contributed by atoms with Gasteiger partial charge in [-0.2, -0.15) is 0 Å². The lowest BCUT2D eigenvalue weighted by molar-refractivity contribution is 0.412. The van der Waals surface area contributed by atoms with E-state index in [-0.39, 0.29) is 6.17 Å².